The standard InChI is InChI=1S/C14H21Cl2N/c1-9(2)10(3)13(17-4)8-11-6-5-7-12(15)14(11)16/h5-7,9-10,13,17H,8H2,1-4H3. The molecular formula is C14H21Cl2N. The molecule has 0 saturated carbocycles. The summed E-state index contributed by atoms with van der Waals surface area (Å²) in [5.41, 5.74) is 1.12. The van der Waals surface area contributed by atoms with Crippen LogP contribution in [-0.4, -0.2) is 13.1 Å². The normalized spacial score (nSPS) is 15.0. The molecule has 0 amide bonds. The van der Waals surface area contributed by atoms with Gasteiger partial charge in [-0.3, -0.25) is 0 Å². The van der Waals surface area contributed by atoms with Gasteiger partial charge in [-0.1, -0.05) is 56.1 Å². The summed E-state index contributed by atoms with van der Waals surface area (Å²) in [4.78, 5) is 0. The minimum atomic E-state index is 0.422. The lowest BCUT2D eigenvalue weighted by Gasteiger charge is -2.27. The summed E-state index contributed by atoms with van der Waals surface area (Å²) in [6.07, 6.45) is 0.912. The number of likely N-dealkylation sites (N-methyl/N-ethyl adjacent to an activating group) is 1. The van der Waals surface area contributed by atoms with E-state index in [2.05, 4.69) is 26.1 Å². The fraction of sp³-hybridized carbons (Fsp3) is 0.571. The second-order valence-electron chi connectivity index (χ2n) is 4.92. The van der Waals surface area contributed by atoms with Crippen molar-refractivity contribution in [2.24, 2.45) is 11.8 Å². The average Bonchev–Trinajstić information content (AvgIpc) is 2.30. The first kappa shape index (κ1) is 14.8. The third-order valence-corrected chi connectivity index (χ3v) is 4.39. The van der Waals surface area contributed by atoms with Crippen LogP contribution in [0.4, 0.5) is 0 Å². The molecule has 0 saturated heterocycles. The van der Waals surface area contributed by atoms with Gasteiger partial charge in [0, 0.05) is 6.04 Å². The van der Waals surface area contributed by atoms with Crippen molar-refractivity contribution in [3.05, 3.63) is 33.8 Å². The maximum Gasteiger partial charge on any atom is 0.0624 e. The van der Waals surface area contributed by atoms with E-state index in [4.69, 9.17) is 23.2 Å². The Kier molecular flexibility index (Phi) is 5.78. The molecule has 0 aliphatic rings. The fourth-order valence-corrected chi connectivity index (χ4v) is 2.36. The highest BCUT2D eigenvalue weighted by Crippen LogP contribution is 2.28. The van der Waals surface area contributed by atoms with Gasteiger partial charge in [0.2, 0.25) is 0 Å². The third kappa shape index (κ3) is 3.87. The Morgan fingerprint density at radius 2 is 1.82 bits per heavy atom. The van der Waals surface area contributed by atoms with Crippen LogP contribution in [0.5, 0.6) is 0 Å². The predicted molar refractivity (Wildman–Crippen MR) is 77.0 cm³/mol. The SMILES string of the molecule is CNC(Cc1cccc(Cl)c1Cl)C(C)C(C)C. The van der Waals surface area contributed by atoms with Gasteiger partial charge < -0.3 is 5.32 Å². The van der Waals surface area contributed by atoms with Crippen molar-refractivity contribution < 1.29 is 0 Å². The Morgan fingerprint density at radius 3 is 2.35 bits per heavy atom. The monoisotopic (exact) mass is 273 g/mol. The van der Waals surface area contributed by atoms with Crippen molar-refractivity contribution in [1.29, 1.82) is 0 Å². The van der Waals surface area contributed by atoms with Crippen molar-refractivity contribution in [2.75, 3.05) is 7.05 Å². The first-order valence-electron chi connectivity index (χ1n) is 6.07. The molecule has 1 aromatic rings. The van der Waals surface area contributed by atoms with Crippen LogP contribution in [-0.2, 0) is 6.42 Å². The van der Waals surface area contributed by atoms with Crippen LogP contribution in [0.3, 0.4) is 0 Å². The van der Waals surface area contributed by atoms with Gasteiger partial charge in [-0.05, 0) is 36.9 Å². The van der Waals surface area contributed by atoms with Gasteiger partial charge in [0.15, 0.2) is 0 Å². The number of hydrogen-bond acceptors (Lipinski definition) is 1. The first-order chi connectivity index (χ1) is 7.97. The Labute approximate surface area is 115 Å². The Balaban J connectivity index is 2.84. The molecule has 3 heteroatoms. The average molecular weight is 274 g/mol. The van der Waals surface area contributed by atoms with Crippen LogP contribution in [0.1, 0.15) is 26.3 Å². The summed E-state index contributed by atoms with van der Waals surface area (Å²) in [5, 5.41) is 4.70. The largest absolute Gasteiger partial charge is 0.316 e. The summed E-state index contributed by atoms with van der Waals surface area (Å²) < 4.78 is 0. The highest BCUT2D eigenvalue weighted by Gasteiger charge is 2.20. The topological polar surface area (TPSA) is 12.0 Å². The van der Waals surface area contributed by atoms with E-state index in [0.717, 1.165) is 12.0 Å². The molecular weight excluding hydrogens is 253 g/mol. The maximum atomic E-state index is 6.22. The molecule has 0 aliphatic carbocycles. The first-order valence-corrected chi connectivity index (χ1v) is 6.83. The van der Waals surface area contributed by atoms with E-state index in [1.165, 1.54) is 0 Å². The number of benzene rings is 1. The molecule has 0 radical (unpaired) electrons. The van der Waals surface area contributed by atoms with Gasteiger partial charge in [-0.25, -0.2) is 0 Å². The van der Waals surface area contributed by atoms with Gasteiger partial charge in [-0.2, -0.15) is 0 Å². The van der Waals surface area contributed by atoms with E-state index in [1.54, 1.807) is 0 Å². The maximum absolute atomic E-state index is 6.22. The third-order valence-electron chi connectivity index (χ3n) is 3.53. The summed E-state index contributed by atoms with van der Waals surface area (Å²) in [7, 11) is 2.00. The van der Waals surface area contributed by atoms with Crippen LogP contribution in [0.15, 0.2) is 18.2 Å². The lowest BCUT2D eigenvalue weighted by molar-refractivity contribution is 0.310. The second-order valence-corrected chi connectivity index (χ2v) is 5.70. The summed E-state index contributed by atoms with van der Waals surface area (Å²) in [6.45, 7) is 6.76. The van der Waals surface area contributed by atoms with E-state index in [1.807, 2.05) is 25.2 Å². The molecule has 0 fully saturated rings. The van der Waals surface area contributed by atoms with Crippen molar-refractivity contribution in [2.45, 2.75) is 33.2 Å². The van der Waals surface area contributed by atoms with Crippen LogP contribution < -0.4 is 5.32 Å². The van der Waals surface area contributed by atoms with Crippen molar-refractivity contribution in [3.63, 3.8) is 0 Å². The molecule has 1 N–H and O–H groups in total. The van der Waals surface area contributed by atoms with Gasteiger partial charge >= 0.3 is 0 Å². The van der Waals surface area contributed by atoms with Crippen molar-refractivity contribution >= 4 is 23.2 Å². The molecule has 1 aromatic carbocycles. The Hall–Kier alpha value is -0.240. The van der Waals surface area contributed by atoms with E-state index in [-0.39, 0.29) is 0 Å². The van der Waals surface area contributed by atoms with Gasteiger partial charge in [0.1, 0.15) is 0 Å². The molecule has 17 heavy (non-hydrogen) atoms. The lowest BCUT2D eigenvalue weighted by Crippen LogP contribution is -2.36. The van der Waals surface area contributed by atoms with Crippen LogP contribution in [0, 0.1) is 11.8 Å². The zero-order chi connectivity index (χ0) is 13.0. The molecule has 1 nitrogen and oxygen atoms in total. The van der Waals surface area contributed by atoms with Gasteiger partial charge in [-0.15, -0.1) is 0 Å². The fourth-order valence-electron chi connectivity index (χ4n) is 1.96. The summed E-state index contributed by atoms with van der Waals surface area (Å²) in [6, 6.07) is 6.25. The predicted octanol–water partition coefficient (Wildman–Crippen LogP) is 4.42. The number of rotatable bonds is 5. The lowest BCUT2D eigenvalue weighted by atomic mass is 9.87. The Morgan fingerprint density at radius 1 is 1.18 bits per heavy atom. The molecule has 2 unspecified atom stereocenters. The molecule has 96 valence electrons. The number of nitrogens with one attached hydrogen (secondary N) is 1. The second kappa shape index (κ2) is 6.63. The van der Waals surface area contributed by atoms with Crippen LogP contribution >= 0.6 is 23.2 Å². The molecule has 2 atom stereocenters. The molecule has 1 rings (SSSR count). The van der Waals surface area contributed by atoms with Gasteiger partial charge in [0.25, 0.3) is 0 Å². The zero-order valence-electron chi connectivity index (χ0n) is 10.9. The van der Waals surface area contributed by atoms with E-state index >= 15 is 0 Å². The highest BCUT2D eigenvalue weighted by molar-refractivity contribution is 6.42. The Bertz CT molecular complexity index is 363. The quantitative estimate of drug-likeness (QED) is 0.838. The minimum absolute atomic E-state index is 0.422. The highest BCUT2D eigenvalue weighted by atomic mass is 35.5. The van der Waals surface area contributed by atoms with Crippen LogP contribution in [0.25, 0.3) is 0 Å². The zero-order valence-corrected chi connectivity index (χ0v) is 12.4. The summed E-state index contributed by atoms with van der Waals surface area (Å²) >= 11 is 12.2. The molecule has 0 spiro atoms. The smallest absolute Gasteiger partial charge is 0.0624 e. The van der Waals surface area contributed by atoms with Crippen molar-refractivity contribution in [3.8, 4) is 0 Å². The molecule has 0 bridgehead atoms. The minimum Gasteiger partial charge on any atom is -0.316 e. The van der Waals surface area contributed by atoms with Crippen LogP contribution in [0.2, 0.25) is 10.0 Å². The van der Waals surface area contributed by atoms with Crippen molar-refractivity contribution in [1.82, 2.24) is 5.32 Å². The number of halogens is 2. The molecule has 0 aromatic heterocycles. The van der Waals surface area contributed by atoms with E-state index in [9.17, 15) is 0 Å². The van der Waals surface area contributed by atoms with Gasteiger partial charge in [0.05, 0.1) is 10.0 Å². The van der Waals surface area contributed by atoms with E-state index in [0.29, 0.717) is 27.9 Å². The van der Waals surface area contributed by atoms with E-state index < -0.39 is 0 Å². The molecule has 0 aliphatic heterocycles. The summed E-state index contributed by atoms with van der Waals surface area (Å²) in [5.74, 6) is 1.24. The molecule has 0 heterocycles. The number of hydrogen-bond donors (Lipinski definition) is 1.